The van der Waals surface area contributed by atoms with Gasteiger partial charge in [-0.15, -0.1) is 0 Å². The predicted octanol–water partition coefficient (Wildman–Crippen LogP) is 2.19. The molecule has 0 amide bonds. The molecule has 0 aromatic heterocycles. The van der Waals surface area contributed by atoms with Gasteiger partial charge in [-0.05, 0) is 38.1 Å². The monoisotopic (exact) mass is 197 g/mol. The van der Waals surface area contributed by atoms with Gasteiger partial charge in [0, 0.05) is 11.5 Å². The Bertz CT molecular complexity index is 181. The molecule has 0 aliphatic carbocycles. The highest BCUT2D eigenvalue weighted by atomic mass is 16.5. The molecule has 0 bridgehead atoms. The second-order valence-corrected chi connectivity index (χ2v) is 5.59. The van der Waals surface area contributed by atoms with E-state index in [4.69, 9.17) is 4.74 Å². The van der Waals surface area contributed by atoms with Gasteiger partial charge in [-0.3, -0.25) is 0 Å². The van der Waals surface area contributed by atoms with Crippen LogP contribution in [0.5, 0.6) is 0 Å². The largest absolute Gasteiger partial charge is 0.380 e. The molecule has 1 N–H and O–H groups in total. The zero-order valence-corrected chi connectivity index (χ0v) is 9.51. The van der Waals surface area contributed by atoms with Crippen LogP contribution in [-0.2, 0) is 4.74 Å². The standard InChI is InChI=1S/C12H23NO/c1-10(2)6-12(8-14-9-12)7-11-4-3-5-13-11/h10-11,13H,3-9H2,1-2H3. The van der Waals surface area contributed by atoms with Crippen molar-refractivity contribution >= 4 is 0 Å². The van der Waals surface area contributed by atoms with E-state index in [9.17, 15) is 0 Å². The van der Waals surface area contributed by atoms with E-state index in [0.29, 0.717) is 5.41 Å². The van der Waals surface area contributed by atoms with Crippen molar-refractivity contribution < 1.29 is 4.74 Å². The summed E-state index contributed by atoms with van der Waals surface area (Å²) >= 11 is 0. The van der Waals surface area contributed by atoms with Crippen molar-refractivity contribution in [3.8, 4) is 0 Å². The van der Waals surface area contributed by atoms with E-state index >= 15 is 0 Å². The molecule has 1 atom stereocenters. The third-order valence-corrected chi connectivity index (χ3v) is 3.50. The van der Waals surface area contributed by atoms with Crippen molar-refractivity contribution in [2.75, 3.05) is 19.8 Å². The number of nitrogens with one attached hydrogen (secondary N) is 1. The summed E-state index contributed by atoms with van der Waals surface area (Å²) in [5.74, 6) is 0.806. The maximum absolute atomic E-state index is 5.42. The number of hydrogen-bond acceptors (Lipinski definition) is 2. The summed E-state index contributed by atoms with van der Waals surface area (Å²) in [7, 11) is 0. The first-order valence-electron chi connectivity index (χ1n) is 6.01. The summed E-state index contributed by atoms with van der Waals surface area (Å²) in [5.41, 5.74) is 0.524. The van der Waals surface area contributed by atoms with Crippen LogP contribution in [0, 0.1) is 11.3 Å². The summed E-state index contributed by atoms with van der Waals surface area (Å²) in [6.07, 6.45) is 5.42. The molecule has 82 valence electrons. The average molecular weight is 197 g/mol. The Hall–Kier alpha value is -0.0800. The Kier molecular flexibility index (Phi) is 3.13. The smallest absolute Gasteiger partial charge is 0.0545 e. The Balaban J connectivity index is 1.84. The predicted molar refractivity (Wildman–Crippen MR) is 58.3 cm³/mol. The molecule has 2 heterocycles. The molecule has 2 nitrogen and oxygen atoms in total. The lowest BCUT2D eigenvalue weighted by atomic mass is 9.73. The zero-order chi connectivity index (χ0) is 10.0. The van der Waals surface area contributed by atoms with E-state index in [1.54, 1.807) is 0 Å². The van der Waals surface area contributed by atoms with Crippen molar-refractivity contribution in [3.05, 3.63) is 0 Å². The fourth-order valence-electron chi connectivity index (χ4n) is 3.03. The van der Waals surface area contributed by atoms with Crippen LogP contribution in [0.25, 0.3) is 0 Å². The van der Waals surface area contributed by atoms with Gasteiger partial charge in [0.2, 0.25) is 0 Å². The Morgan fingerprint density at radius 1 is 1.43 bits per heavy atom. The van der Waals surface area contributed by atoms with Gasteiger partial charge < -0.3 is 10.1 Å². The van der Waals surface area contributed by atoms with Crippen LogP contribution in [0.3, 0.4) is 0 Å². The molecule has 14 heavy (non-hydrogen) atoms. The van der Waals surface area contributed by atoms with Gasteiger partial charge in [0.25, 0.3) is 0 Å². The first-order chi connectivity index (χ1) is 6.70. The summed E-state index contributed by atoms with van der Waals surface area (Å²) in [4.78, 5) is 0. The summed E-state index contributed by atoms with van der Waals surface area (Å²) in [6, 6.07) is 0.776. The Morgan fingerprint density at radius 2 is 2.21 bits per heavy atom. The van der Waals surface area contributed by atoms with E-state index in [2.05, 4.69) is 19.2 Å². The normalized spacial score (nSPS) is 30.6. The third-order valence-electron chi connectivity index (χ3n) is 3.50. The SMILES string of the molecule is CC(C)CC1(CC2CCCN2)COC1. The minimum atomic E-state index is 0.524. The second-order valence-electron chi connectivity index (χ2n) is 5.59. The lowest BCUT2D eigenvalue weighted by Crippen LogP contribution is -2.47. The third kappa shape index (κ3) is 2.29. The van der Waals surface area contributed by atoms with E-state index in [1.807, 2.05) is 0 Å². The lowest BCUT2D eigenvalue weighted by molar-refractivity contribution is -0.130. The Morgan fingerprint density at radius 3 is 2.64 bits per heavy atom. The van der Waals surface area contributed by atoms with E-state index < -0.39 is 0 Å². The fourth-order valence-corrected chi connectivity index (χ4v) is 3.03. The van der Waals surface area contributed by atoms with Crippen molar-refractivity contribution in [2.24, 2.45) is 11.3 Å². The number of ether oxygens (including phenoxy) is 1. The van der Waals surface area contributed by atoms with Gasteiger partial charge in [-0.25, -0.2) is 0 Å². The second kappa shape index (κ2) is 4.19. The first-order valence-corrected chi connectivity index (χ1v) is 6.01. The van der Waals surface area contributed by atoms with Gasteiger partial charge in [-0.2, -0.15) is 0 Å². The molecule has 2 saturated heterocycles. The fraction of sp³-hybridized carbons (Fsp3) is 1.00. The quantitative estimate of drug-likeness (QED) is 0.746. The summed E-state index contributed by atoms with van der Waals surface area (Å²) in [6.45, 7) is 7.88. The van der Waals surface area contributed by atoms with Crippen LogP contribution in [0.1, 0.15) is 39.5 Å². The molecule has 0 saturated carbocycles. The molecule has 2 heteroatoms. The molecule has 0 aromatic carbocycles. The minimum absolute atomic E-state index is 0.524. The number of rotatable bonds is 4. The van der Waals surface area contributed by atoms with Crippen LogP contribution in [0.15, 0.2) is 0 Å². The van der Waals surface area contributed by atoms with E-state index in [0.717, 1.165) is 25.2 Å². The van der Waals surface area contributed by atoms with E-state index in [1.165, 1.54) is 32.2 Å². The van der Waals surface area contributed by atoms with E-state index in [-0.39, 0.29) is 0 Å². The van der Waals surface area contributed by atoms with Crippen LogP contribution >= 0.6 is 0 Å². The highest BCUT2D eigenvalue weighted by Crippen LogP contribution is 2.40. The van der Waals surface area contributed by atoms with Crippen molar-refractivity contribution in [1.82, 2.24) is 5.32 Å². The summed E-state index contributed by atoms with van der Waals surface area (Å²) in [5, 5.41) is 3.60. The summed E-state index contributed by atoms with van der Waals surface area (Å²) < 4.78 is 5.42. The molecule has 1 unspecified atom stereocenters. The number of hydrogen-bond donors (Lipinski definition) is 1. The minimum Gasteiger partial charge on any atom is -0.380 e. The lowest BCUT2D eigenvalue weighted by Gasteiger charge is -2.44. The molecular weight excluding hydrogens is 174 g/mol. The molecule has 0 aromatic rings. The van der Waals surface area contributed by atoms with Gasteiger partial charge >= 0.3 is 0 Å². The van der Waals surface area contributed by atoms with Gasteiger partial charge in [0.15, 0.2) is 0 Å². The molecule has 0 spiro atoms. The van der Waals surface area contributed by atoms with Crippen LogP contribution in [-0.4, -0.2) is 25.8 Å². The van der Waals surface area contributed by atoms with Crippen molar-refractivity contribution in [3.63, 3.8) is 0 Å². The van der Waals surface area contributed by atoms with Gasteiger partial charge in [0.1, 0.15) is 0 Å². The molecular formula is C12H23NO. The maximum atomic E-state index is 5.42. The van der Waals surface area contributed by atoms with Gasteiger partial charge in [-0.1, -0.05) is 13.8 Å². The maximum Gasteiger partial charge on any atom is 0.0545 e. The molecule has 2 aliphatic rings. The highest BCUT2D eigenvalue weighted by Gasteiger charge is 2.41. The topological polar surface area (TPSA) is 21.3 Å². The van der Waals surface area contributed by atoms with Crippen molar-refractivity contribution in [1.29, 1.82) is 0 Å². The molecule has 2 fully saturated rings. The molecule has 2 rings (SSSR count). The molecule has 0 radical (unpaired) electrons. The zero-order valence-electron chi connectivity index (χ0n) is 9.51. The van der Waals surface area contributed by atoms with Crippen LogP contribution in [0.4, 0.5) is 0 Å². The first kappa shape index (κ1) is 10.4. The van der Waals surface area contributed by atoms with Gasteiger partial charge in [0.05, 0.1) is 13.2 Å². The van der Waals surface area contributed by atoms with Crippen LogP contribution < -0.4 is 5.32 Å². The highest BCUT2D eigenvalue weighted by molar-refractivity contribution is 4.91. The average Bonchev–Trinajstić information content (AvgIpc) is 2.51. The van der Waals surface area contributed by atoms with Crippen LogP contribution in [0.2, 0.25) is 0 Å². The molecule has 2 aliphatic heterocycles. The van der Waals surface area contributed by atoms with Crippen molar-refractivity contribution in [2.45, 2.75) is 45.6 Å². The Labute approximate surface area is 87.4 Å².